The van der Waals surface area contributed by atoms with Crippen molar-refractivity contribution in [1.82, 2.24) is 10.2 Å². The SMILES string of the molecule is CC(NC(=O)C1CC1N)C(=O)N1CCCCC1. The normalized spacial score (nSPS) is 29.6. The Morgan fingerprint density at radius 1 is 1.29 bits per heavy atom. The van der Waals surface area contributed by atoms with Gasteiger partial charge in [-0.15, -0.1) is 0 Å². The number of piperidine rings is 1. The second kappa shape index (κ2) is 5.04. The monoisotopic (exact) mass is 239 g/mol. The van der Waals surface area contributed by atoms with Gasteiger partial charge >= 0.3 is 0 Å². The van der Waals surface area contributed by atoms with Crippen LogP contribution in [0.25, 0.3) is 0 Å². The zero-order valence-corrected chi connectivity index (χ0v) is 10.3. The fourth-order valence-electron chi connectivity index (χ4n) is 2.29. The van der Waals surface area contributed by atoms with Gasteiger partial charge in [-0.05, 0) is 32.6 Å². The highest BCUT2D eigenvalue weighted by Gasteiger charge is 2.41. The van der Waals surface area contributed by atoms with Crippen LogP contribution in [0.3, 0.4) is 0 Å². The van der Waals surface area contributed by atoms with Crippen LogP contribution in [0, 0.1) is 5.92 Å². The lowest BCUT2D eigenvalue weighted by Crippen LogP contribution is -2.49. The molecule has 3 unspecified atom stereocenters. The van der Waals surface area contributed by atoms with E-state index in [1.807, 2.05) is 4.90 Å². The number of nitrogens with two attached hydrogens (primary N) is 1. The summed E-state index contributed by atoms with van der Waals surface area (Å²) in [7, 11) is 0. The first-order valence-corrected chi connectivity index (χ1v) is 6.44. The summed E-state index contributed by atoms with van der Waals surface area (Å²) in [4.78, 5) is 25.5. The fraction of sp³-hybridized carbons (Fsp3) is 0.833. The molecule has 1 heterocycles. The summed E-state index contributed by atoms with van der Waals surface area (Å²) >= 11 is 0. The van der Waals surface area contributed by atoms with E-state index >= 15 is 0 Å². The molecular weight excluding hydrogens is 218 g/mol. The van der Waals surface area contributed by atoms with E-state index in [2.05, 4.69) is 5.32 Å². The molecule has 2 aliphatic rings. The molecule has 3 atom stereocenters. The topological polar surface area (TPSA) is 75.4 Å². The van der Waals surface area contributed by atoms with Gasteiger partial charge in [-0.25, -0.2) is 0 Å². The van der Waals surface area contributed by atoms with Gasteiger partial charge in [0.1, 0.15) is 6.04 Å². The molecule has 1 aliphatic heterocycles. The first-order valence-electron chi connectivity index (χ1n) is 6.44. The number of nitrogens with one attached hydrogen (secondary N) is 1. The maximum atomic E-state index is 12.0. The van der Waals surface area contributed by atoms with Gasteiger partial charge < -0.3 is 16.0 Å². The van der Waals surface area contributed by atoms with Gasteiger partial charge in [0.15, 0.2) is 0 Å². The second-order valence-electron chi connectivity index (χ2n) is 5.12. The quantitative estimate of drug-likeness (QED) is 0.719. The summed E-state index contributed by atoms with van der Waals surface area (Å²) in [5.74, 6) is -0.116. The maximum Gasteiger partial charge on any atom is 0.244 e. The Balaban J connectivity index is 1.80. The molecule has 0 aromatic carbocycles. The Labute approximate surface area is 102 Å². The number of nitrogens with zero attached hydrogens (tertiary/aromatic N) is 1. The van der Waals surface area contributed by atoms with Crippen LogP contribution in [-0.4, -0.2) is 41.9 Å². The number of likely N-dealkylation sites (tertiary alicyclic amines) is 1. The largest absolute Gasteiger partial charge is 0.344 e. The predicted octanol–water partition coefficient (Wildman–Crippen LogP) is -0.149. The first-order chi connectivity index (χ1) is 8.09. The fourth-order valence-corrected chi connectivity index (χ4v) is 2.29. The predicted molar refractivity (Wildman–Crippen MR) is 64.1 cm³/mol. The molecule has 2 amide bonds. The third-order valence-corrected chi connectivity index (χ3v) is 3.57. The highest BCUT2D eigenvalue weighted by atomic mass is 16.2. The highest BCUT2D eigenvalue weighted by molar-refractivity contribution is 5.89. The van der Waals surface area contributed by atoms with Gasteiger partial charge in [-0.1, -0.05) is 0 Å². The van der Waals surface area contributed by atoms with Crippen LogP contribution in [0.1, 0.15) is 32.6 Å². The lowest BCUT2D eigenvalue weighted by atomic mass is 10.1. The molecule has 5 heteroatoms. The number of carbonyl (C=O) groups is 2. The van der Waals surface area contributed by atoms with E-state index in [9.17, 15) is 9.59 Å². The van der Waals surface area contributed by atoms with Crippen molar-refractivity contribution in [2.45, 2.75) is 44.7 Å². The van der Waals surface area contributed by atoms with Gasteiger partial charge in [0, 0.05) is 19.1 Å². The standard InChI is InChI=1S/C12H21N3O2/c1-8(14-11(16)9-7-10(9)13)12(17)15-5-3-2-4-6-15/h8-10H,2-7,13H2,1H3,(H,14,16). The van der Waals surface area contributed by atoms with Crippen molar-refractivity contribution in [2.24, 2.45) is 11.7 Å². The maximum absolute atomic E-state index is 12.0. The molecule has 1 saturated heterocycles. The zero-order valence-electron chi connectivity index (χ0n) is 10.3. The number of amides is 2. The summed E-state index contributed by atoms with van der Waals surface area (Å²) in [6.45, 7) is 3.40. The molecule has 0 aromatic heterocycles. The second-order valence-corrected chi connectivity index (χ2v) is 5.12. The van der Waals surface area contributed by atoms with Crippen LogP contribution in [0.2, 0.25) is 0 Å². The Hall–Kier alpha value is -1.10. The molecule has 17 heavy (non-hydrogen) atoms. The van der Waals surface area contributed by atoms with Gasteiger partial charge in [-0.2, -0.15) is 0 Å². The minimum atomic E-state index is -0.423. The van der Waals surface area contributed by atoms with Crippen molar-refractivity contribution >= 4 is 11.8 Å². The number of hydrogen-bond donors (Lipinski definition) is 2. The van der Waals surface area contributed by atoms with Gasteiger partial charge in [0.05, 0.1) is 5.92 Å². The Morgan fingerprint density at radius 3 is 2.41 bits per heavy atom. The Kier molecular flexibility index (Phi) is 3.66. The summed E-state index contributed by atoms with van der Waals surface area (Å²) in [6.07, 6.45) is 4.08. The average molecular weight is 239 g/mol. The van der Waals surface area contributed by atoms with Crippen molar-refractivity contribution in [2.75, 3.05) is 13.1 Å². The number of carbonyl (C=O) groups excluding carboxylic acids is 2. The minimum absolute atomic E-state index is 0.00714. The first kappa shape index (κ1) is 12.4. The van der Waals surface area contributed by atoms with E-state index in [1.54, 1.807) is 6.92 Å². The van der Waals surface area contributed by atoms with Crippen LogP contribution in [0.4, 0.5) is 0 Å². The van der Waals surface area contributed by atoms with E-state index in [-0.39, 0.29) is 23.8 Å². The van der Waals surface area contributed by atoms with Crippen LogP contribution < -0.4 is 11.1 Å². The molecule has 0 spiro atoms. The molecule has 2 fully saturated rings. The van der Waals surface area contributed by atoms with Gasteiger partial charge in [0.25, 0.3) is 0 Å². The summed E-state index contributed by atoms with van der Waals surface area (Å²) < 4.78 is 0. The molecule has 3 N–H and O–H groups in total. The summed E-state index contributed by atoms with van der Waals surface area (Å²) in [5.41, 5.74) is 5.61. The van der Waals surface area contributed by atoms with Crippen LogP contribution >= 0.6 is 0 Å². The average Bonchev–Trinajstić information content (AvgIpc) is 3.06. The Morgan fingerprint density at radius 2 is 1.88 bits per heavy atom. The van der Waals surface area contributed by atoms with E-state index in [0.717, 1.165) is 32.4 Å². The molecule has 96 valence electrons. The molecule has 1 aliphatic carbocycles. The van der Waals surface area contributed by atoms with Gasteiger partial charge in [0.2, 0.25) is 11.8 Å². The van der Waals surface area contributed by atoms with Gasteiger partial charge in [-0.3, -0.25) is 9.59 Å². The van der Waals surface area contributed by atoms with E-state index < -0.39 is 6.04 Å². The van der Waals surface area contributed by atoms with Crippen LogP contribution in [-0.2, 0) is 9.59 Å². The Bertz CT molecular complexity index is 313. The van der Waals surface area contributed by atoms with E-state index in [1.165, 1.54) is 6.42 Å². The molecule has 1 saturated carbocycles. The molecule has 2 rings (SSSR count). The molecular formula is C12H21N3O2. The zero-order chi connectivity index (χ0) is 12.4. The third kappa shape index (κ3) is 2.97. The smallest absolute Gasteiger partial charge is 0.244 e. The van der Waals surface area contributed by atoms with Crippen LogP contribution in [0.15, 0.2) is 0 Å². The number of hydrogen-bond acceptors (Lipinski definition) is 3. The minimum Gasteiger partial charge on any atom is -0.344 e. The molecule has 5 nitrogen and oxygen atoms in total. The lowest BCUT2D eigenvalue weighted by Gasteiger charge is -2.29. The van der Waals surface area contributed by atoms with Crippen molar-refractivity contribution in [3.05, 3.63) is 0 Å². The molecule has 0 aromatic rings. The summed E-state index contributed by atoms with van der Waals surface area (Å²) in [6, 6.07) is -0.430. The van der Waals surface area contributed by atoms with Crippen molar-refractivity contribution < 1.29 is 9.59 Å². The van der Waals surface area contributed by atoms with E-state index in [0.29, 0.717) is 0 Å². The third-order valence-electron chi connectivity index (χ3n) is 3.57. The van der Waals surface area contributed by atoms with Crippen molar-refractivity contribution in [3.63, 3.8) is 0 Å². The van der Waals surface area contributed by atoms with Crippen LogP contribution in [0.5, 0.6) is 0 Å². The number of rotatable bonds is 3. The highest BCUT2D eigenvalue weighted by Crippen LogP contribution is 2.27. The van der Waals surface area contributed by atoms with Crippen molar-refractivity contribution in [3.8, 4) is 0 Å². The van der Waals surface area contributed by atoms with E-state index in [4.69, 9.17) is 5.73 Å². The molecule has 0 bridgehead atoms. The lowest BCUT2D eigenvalue weighted by molar-refractivity contribution is -0.137. The summed E-state index contributed by atoms with van der Waals surface area (Å²) in [5, 5.41) is 2.76. The molecule has 0 radical (unpaired) electrons. The van der Waals surface area contributed by atoms with Crippen molar-refractivity contribution in [1.29, 1.82) is 0 Å².